The third-order valence-corrected chi connectivity index (χ3v) is 9.50. The van der Waals surface area contributed by atoms with Crippen molar-refractivity contribution in [3.8, 4) is 44.6 Å². The first kappa shape index (κ1) is 36.6. The molecular weight excluding hydrogens is 611 g/mol. The van der Waals surface area contributed by atoms with E-state index >= 15 is 0 Å². The number of hydrogen-bond donors (Lipinski definition) is 0. The van der Waals surface area contributed by atoms with E-state index in [1.165, 1.54) is 120 Å². The van der Waals surface area contributed by atoms with Gasteiger partial charge in [0.15, 0.2) is 11.5 Å². The first-order chi connectivity index (χ1) is 23.3. The van der Waals surface area contributed by atoms with Gasteiger partial charge in [0.05, 0.1) is 13.2 Å². The van der Waals surface area contributed by atoms with Crippen molar-refractivity contribution in [1.82, 2.24) is 25.4 Å². The van der Waals surface area contributed by atoms with Gasteiger partial charge in [-0.25, -0.2) is 0 Å². The molecule has 4 aromatic rings. The summed E-state index contributed by atoms with van der Waals surface area (Å²) in [6, 6.07) is 5.60. The van der Waals surface area contributed by atoms with Crippen LogP contribution in [0.2, 0.25) is 0 Å². The van der Waals surface area contributed by atoms with Gasteiger partial charge in [-0.1, -0.05) is 135 Å². The molecule has 4 rings (SSSR count). The van der Waals surface area contributed by atoms with E-state index in [2.05, 4.69) is 39.2 Å². The number of unbranched alkanes of at least 4 members (excludes halogenated alkanes) is 18. The largest absolute Gasteiger partial charge is 0.488 e. The summed E-state index contributed by atoms with van der Waals surface area (Å²) < 4.78 is 24.7. The molecule has 258 valence electrons. The van der Waals surface area contributed by atoms with Crippen molar-refractivity contribution in [2.45, 2.75) is 142 Å². The van der Waals surface area contributed by atoms with Gasteiger partial charge >= 0.3 is 0 Å². The van der Waals surface area contributed by atoms with Crippen LogP contribution in [-0.4, -0.2) is 38.6 Å². The number of hydrogen-bond acceptors (Lipinski definition) is 10. The molecule has 4 heterocycles. The minimum Gasteiger partial charge on any atom is -0.488 e. The summed E-state index contributed by atoms with van der Waals surface area (Å²) in [7, 11) is 0. The normalized spacial score (nSPS) is 11.4. The number of aromatic nitrogens is 5. The van der Waals surface area contributed by atoms with E-state index in [0.29, 0.717) is 57.8 Å². The maximum atomic E-state index is 6.49. The minimum absolute atomic E-state index is 0.349. The highest BCUT2D eigenvalue weighted by Gasteiger charge is 2.29. The predicted octanol–water partition coefficient (Wildman–Crippen LogP) is 11.5. The second-order valence-corrected chi connectivity index (χ2v) is 13.4. The van der Waals surface area contributed by atoms with Crippen LogP contribution in [0.5, 0.6) is 11.5 Å². The minimum atomic E-state index is 0.349. The summed E-state index contributed by atoms with van der Waals surface area (Å²) in [4.78, 5) is 5.76. The van der Waals surface area contributed by atoms with Crippen LogP contribution in [0.4, 0.5) is 0 Å². The van der Waals surface area contributed by atoms with E-state index in [9.17, 15) is 0 Å². The Balaban J connectivity index is 1.39. The average molecular weight is 666 g/mol. The molecule has 0 aliphatic heterocycles. The Kier molecular flexibility index (Phi) is 17.4. The summed E-state index contributed by atoms with van der Waals surface area (Å²) in [5.41, 5.74) is 0.616. The molecule has 0 fully saturated rings. The Morgan fingerprint density at radius 2 is 1.09 bits per heavy atom. The molecule has 0 saturated carbocycles. The van der Waals surface area contributed by atoms with Gasteiger partial charge in [0.1, 0.15) is 15.4 Å². The molecule has 9 nitrogen and oxygen atoms in total. The molecule has 4 aromatic heterocycles. The highest BCUT2D eigenvalue weighted by Crippen LogP contribution is 2.52. The summed E-state index contributed by atoms with van der Waals surface area (Å²) in [6.45, 7) is 5.68. The van der Waals surface area contributed by atoms with E-state index < -0.39 is 0 Å². The summed E-state index contributed by atoms with van der Waals surface area (Å²) in [6.07, 6.45) is 28.3. The number of pyridine rings is 1. The van der Waals surface area contributed by atoms with Crippen molar-refractivity contribution in [2.75, 3.05) is 13.2 Å². The van der Waals surface area contributed by atoms with Gasteiger partial charge in [0.25, 0.3) is 17.7 Å². The van der Waals surface area contributed by atoms with Crippen LogP contribution in [0.1, 0.15) is 142 Å². The zero-order valence-electron chi connectivity index (χ0n) is 28.7. The molecule has 0 unspecified atom stereocenters. The molecular formula is C37H55N5O4S. The molecule has 0 atom stereocenters. The molecule has 0 saturated heterocycles. The lowest BCUT2D eigenvalue weighted by Crippen LogP contribution is -2.03. The maximum absolute atomic E-state index is 6.49. The number of thiophene rings is 1. The molecule has 0 amide bonds. The summed E-state index contributed by atoms with van der Waals surface area (Å²) in [5, 5.41) is 16.8. The first-order valence-electron chi connectivity index (χ1n) is 18.3. The third kappa shape index (κ3) is 12.7. The van der Waals surface area contributed by atoms with Crippen molar-refractivity contribution in [3.63, 3.8) is 0 Å². The fourth-order valence-corrected chi connectivity index (χ4v) is 6.69. The molecule has 47 heavy (non-hydrogen) atoms. The van der Waals surface area contributed by atoms with Gasteiger partial charge < -0.3 is 18.3 Å². The molecule has 0 aromatic carbocycles. The SMILES string of the molecule is CCCCCCCCCCCCOc1c(-c2nnco2)sc(-c2nnc(-c3ccccn3)o2)c1OCCCCCCCCCCCC. The summed E-state index contributed by atoms with van der Waals surface area (Å²) >= 11 is 1.41. The van der Waals surface area contributed by atoms with E-state index in [1.54, 1.807) is 6.20 Å². The van der Waals surface area contributed by atoms with Crippen molar-refractivity contribution in [3.05, 3.63) is 30.8 Å². The predicted molar refractivity (Wildman–Crippen MR) is 189 cm³/mol. The highest BCUT2D eigenvalue weighted by atomic mass is 32.1. The van der Waals surface area contributed by atoms with Crippen molar-refractivity contribution in [2.24, 2.45) is 0 Å². The molecule has 10 heteroatoms. The fourth-order valence-electron chi connectivity index (χ4n) is 5.65. The molecule has 0 spiro atoms. The monoisotopic (exact) mass is 665 g/mol. The van der Waals surface area contributed by atoms with Gasteiger partial charge in [-0.2, -0.15) is 0 Å². The average Bonchev–Trinajstić information content (AvgIpc) is 3.88. The Morgan fingerprint density at radius 1 is 0.574 bits per heavy atom. The zero-order valence-corrected chi connectivity index (χ0v) is 29.5. The lowest BCUT2D eigenvalue weighted by atomic mass is 10.1. The van der Waals surface area contributed by atoms with Crippen LogP contribution in [0, 0.1) is 0 Å². The lowest BCUT2D eigenvalue weighted by Gasteiger charge is -2.11. The fraction of sp³-hybridized carbons (Fsp3) is 0.649. The van der Waals surface area contributed by atoms with Gasteiger partial charge in [0.2, 0.25) is 6.39 Å². The first-order valence-corrected chi connectivity index (χ1v) is 19.1. The van der Waals surface area contributed by atoms with Crippen LogP contribution in [0.3, 0.4) is 0 Å². The molecule has 0 aliphatic rings. The Bertz CT molecular complexity index is 1340. The molecule has 0 aliphatic carbocycles. The van der Waals surface area contributed by atoms with Gasteiger partial charge in [-0.05, 0) is 25.0 Å². The lowest BCUT2D eigenvalue weighted by molar-refractivity contribution is 0.261. The van der Waals surface area contributed by atoms with Crippen LogP contribution in [0.25, 0.3) is 33.1 Å². The quantitative estimate of drug-likeness (QED) is 0.0574. The zero-order chi connectivity index (χ0) is 32.8. The van der Waals surface area contributed by atoms with E-state index in [1.807, 2.05) is 18.2 Å². The van der Waals surface area contributed by atoms with Gasteiger partial charge in [0, 0.05) is 6.20 Å². The smallest absolute Gasteiger partial charge is 0.266 e. The summed E-state index contributed by atoms with van der Waals surface area (Å²) in [5.74, 6) is 2.29. The molecule has 0 bridgehead atoms. The van der Waals surface area contributed by atoms with Crippen LogP contribution in [-0.2, 0) is 0 Å². The van der Waals surface area contributed by atoms with E-state index in [-0.39, 0.29) is 0 Å². The molecule has 0 N–H and O–H groups in total. The van der Waals surface area contributed by atoms with E-state index in [4.69, 9.17) is 18.3 Å². The Hall–Kier alpha value is -3.27. The van der Waals surface area contributed by atoms with Crippen LogP contribution < -0.4 is 9.47 Å². The van der Waals surface area contributed by atoms with Crippen LogP contribution in [0.15, 0.2) is 39.6 Å². The highest BCUT2D eigenvalue weighted by molar-refractivity contribution is 7.19. The van der Waals surface area contributed by atoms with E-state index in [0.717, 1.165) is 25.7 Å². The topological polar surface area (TPSA) is 109 Å². The second-order valence-electron chi connectivity index (χ2n) is 12.4. The maximum Gasteiger partial charge on any atom is 0.266 e. The third-order valence-electron chi connectivity index (χ3n) is 8.37. The number of nitrogens with zero attached hydrogens (tertiary/aromatic N) is 5. The second kappa shape index (κ2) is 22.3. The Labute approximate surface area is 285 Å². The number of rotatable bonds is 27. The van der Waals surface area contributed by atoms with Gasteiger partial charge in [-0.3, -0.25) is 4.98 Å². The van der Waals surface area contributed by atoms with Crippen molar-refractivity contribution >= 4 is 11.3 Å². The number of ether oxygens (including phenoxy) is 2. The van der Waals surface area contributed by atoms with Crippen molar-refractivity contribution in [1.29, 1.82) is 0 Å². The molecule has 0 radical (unpaired) electrons. The van der Waals surface area contributed by atoms with Crippen molar-refractivity contribution < 1.29 is 18.3 Å². The van der Waals surface area contributed by atoms with Gasteiger partial charge in [-0.15, -0.1) is 31.7 Å². The van der Waals surface area contributed by atoms with Crippen LogP contribution >= 0.6 is 11.3 Å². The Morgan fingerprint density at radius 3 is 1.57 bits per heavy atom. The standard InChI is InChI=1S/C37H55N5O4S/c1-3-5-7-9-11-13-15-17-19-23-27-43-31-32(44-28-24-20-18-16-14-12-10-8-6-4-2)34(47-33(31)36-40-39-29-45-36)37-42-41-35(46-37)30-25-21-22-26-38-30/h21-22,25-26,29H,3-20,23-24,27-28H2,1-2H3.